The van der Waals surface area contributed by atoms with E-state index in [1.54, 1.807) is 24.3 Å². The molecule has 4 rings (SSSR count). The molecule has 2 N–H and O–H groups in total. The van der Waals surface area contributed by atoms with Crippen LogP contribution in [0.1, 0.15) is 16.1 Å². The number of aromatic carboxylic acids is 1. The van der Waals surface area contributed by atoms with Crippen LogP contribution in [0.2, 0.25) is 0 Å². The highest BCUT2D eigenvalue weighted by Gasteiger charge is 2.32. The number of carboxylic acid groups (broad SMARTS) is 1. The van der Waals surface area contributed by atoms with Crippen molar-refractivity contribution in [3.05, 3.63) is 53.3 Å². The SMILES string of the molecule is N=C1/C(=C\c2ccc(-c3ccc(C(=O)O)cc3)o2)C(=O)N=C2SC=NN12. The number of nitrogens with zero attached hydrogens (tertiary/aromatic N) is 3. The summed E-state index contributed by atoms with van der Waals surface area (Å²) in [5.41, 5.74) is 2.47. The van der Waals surface area contributed by atoms with E-state index in [0.29, 0.717) is 22.3 Å². The summed E-state index contributed by atoms with van der Waals surface area (Å²) in [7, 11) is 0. The van der Waals surface area contributed by atoms with E-state index in [-0.39, 0.29) is 17.0 Å². The number of carbonyl (C=O) groups excluding carboxylic acids is 1. The van der Waals surface area contributed by atoms with E-state index in [0.717, 1.165) is 0 Å². The topological polar surface area (TPSA) is 119 Å². The maximum absolute atomic E-state index is 12.1. The molecule has 2 aliphatic heterocycles. The maximum atomic E-state index is 12.1. The zero-order valence-electron chi connectivity index (χ0n) is 13.0. The van der Waals surface area contributed by atoms with Crippen molar-refractivity contribution in [3.63, 3.8) is 0 Å². The van der Waals surface area contributed by atoms with Crippen molar-refractivity contribution >= 4 is 46.3 Å². The van der Waals surface area contributed by atoms with Crippen molar-refractivity contribution < 1.29 is 19.1 Å². The summed E-state index contributed by atoms with van der Waals surface area (Å²) >= 11 is 1.18. The first kappa shape index (κ1) is 16.0. The molecule has 1 aromatic carbocycles. The number of hydrogen-bond donors (Lipinski definition) is 2. The van der Waals surface area contributed by atoms with Crippen molar-refractivity contribution in [2.45, 2.75) is 0 Å². The Bertz CT molecular complexity index is 1030. The van der Waals surface area contributed by atoms with Crippen molar-refractivity contribution in [2.24, 2.45) is 10.1 Å². The van der Waals surface area contributed by atoms with Crippen LogP contribution in [0.15, 0.2) is 56.5 Å². The molecule has 3 heterocycles. The second-order valence-corrected chi connectivity index (χ2v) is 6.15. The van der Waals surface area contributed by atoms with Gasteiger partial charge in [-0.1, -0.05) is 12.1 Å². The third kappa shape index (κ3) is 2.74. The van der Waals surface area contributed by atoms with Gasteiger partial charge >= 0.3 is 5.97 Å². The van der Waals surface area contributed by atoms with Gasteiger partial charge in [0.15, 0.2) is 11.0 Å². The van der Waals surface area contributed by atoms with Crippen molar-refractivity contribution in [1.82, 2.24) is 5.01 Å². The minimum absolute atomic E-state index is 0.0648. The lowest BCUT2D eigenvalue weighted by atomic mass is 10.1. The molecule has 128 valence electrons. The van der Waals surface area contributed by atoms with Crippen LogP contribution in [-0.2, 0) is 4.79 Å². The van der Waals surface area contributed by atoms with E-state index in [1.807, 2.05) is 0 Å². The predicted molar refractivity (Wildman–Crippen MR) is 97.2 cm³/mol. The first-order valence-corrected chi connectivity index (χ1v) is 8.27. The summed E-state index contributed by atoms with van der Waals surface area (Å²) in [6, 6.07) is 9.61. The molecule has 0 atom stereocenters. The van der Waals surface area contributed by atoms with Gasteiger partial charge in [-0.3, -0.25) is 10.2 Å². The minimum atomic E-state index is -1.00. The van der Waals surface area contributed by atoms with Gasteiger partial charge in [0.05, 0.1) is 16.7 Å². The van der Waals surface area contributed by atoms with Gasteiger partial charge in [0.2, 0.25) is 0 Å². The van der Waals surface area contributed by atoms with E-state index in [4.69, 9.17) is 14.9 Å². The minimum Gasteiger partial charge on any atom is -0.478 e. The summed E-state index contributed by atoms with van der Waals surface area (Å²) in [6.07, 6.45) is 1.44. The molecule has 26 heavy (non-hydrogen) atoms. The number of furan rings is 1. The molecule has 2 aromatic rings. The summed E-state index contributed by atoms with van der Waals surface area (Å²) < 4.78 is 5.70. The molecule has 0 bridgehead atoms. The van der Waals surface area contributed by atoms with Crippen LogP contribution >= 0.6 is 11.8 Å². The summed E-state index contributed by atoms with van der Waals surface area (Å²) in [4.78, 5) is 26.9. The number of hydrazone groups is 1. The molecule has 9 heteroatoms. The van der Waals surface area contributed by atoms with Gasteiger partial charge in [-0.05, 0) is 42.1 Å². The number of carboxylic acids is 1. The highest BCUT2D eigenvalue weighted by Crippen LogP contribution is 2.27. The van der Waals surface area contributed by atoms with Gasteiger partial charge in [0.1, 0.15) is 11.5 Å². The van der Waals surface area contributed by atoms with Crippen LogP contribution in [-0.4, -0.2) is 38.5 Å². The Morgan fingerprint density at radius 1 is 1.23 bits per heavy atom. The molecule has 0 spiro atoms. The van der Waals surface area contributed by atoms with Crippen LogP contribution in [0.5, 0.6) is 0 Å². The van der Waals surface area contributed by atoms with Crippen molar-refractivity contribution in [2.75, 3.05) is 0 Å². The van der Waals surface area contributed by atoms with E-state index < -0.39 is 11.9 Å². The molecular formula is C17H10N4O4S. The molecule has 1 amide bonds. The van der Waals surface area contributed by atoms with Crippen LogP contribution < -0.4 is 0 Å². The van der Waals surface area contributed by atoms with Crippen LogP contribution in [0.25, 0.3) is 17.4 Å². The Kier molecular flexibility index (Phi) is 3.77. The van der Waals surface area contributed by atoms with E-state index in [9.17, 15) is 9.59 Å². The van der Waals surface area contributed by atoms with Crippen LogP contribution in [0, 0.1) is 5.41 Å². The van der Waals surface area contributed by atoms with Gasteiger partial charge in [-0.15, -0.1) is 0 Å². The van der Waals surface area contributed by atoms with Crippen molar-refractivity contribution in [1.29, 1.82) is 5.41 Å². The molecule has 1 aromatic heterocycles. The fraction of sp³-hybridized carbons (Fsp3) is 0. The predicted octanol–water partition coefficient (Wildman–Crippen LogP) is 2.89. The summed E-state index contributed by atoms with van der Waals surface area (Å²) in [6.45, 7) is 0. The molecule has 0 fully saturated rings. The fourth-order valence-corrected chi connectivity index (χ4v) is 3.05. The normalized spacial score (nSPS) is 17.6. The molecule has 0 unspecified atom stereocenters. The lowest BCUT2D eigenvalue weighted by Gasteiger charge is -2.19. The van der Waals surface area contributed by atoms with Gasteiger partial charge in [-0.25, -0.2) is 4.79 Å². The Morgan fingerprint density at radius 2 is 2.00 bits per heavy atom. The van der Waals surface area contributed by atoms with Gasteiger partial charge in [-0.2, -0.15) is 15.1 Å². The molecule has 2 aliphatic rings. The summed E-state index contributed by atoms with van der Waals surface area (Å²) in [5.74, 6) is -0.696. The zero-order chi connectivity index (χ0) is 18.3. The zero-order valence-corrected chi connectivity index (χ0v) is 13.9. The quantitative estimate of drug-likeness (QED) is 0.806. The van der Waals surface area contributed by atoms with E-state index >= 15 is 0 Å². The number of rotatable bonds is 3. The third-order valence-electron chi connectivity index (χ3n) is 3.73. The average Bonchev–Trinajstić information content (AvgIpc) is 3.28. The van der Waals surface area contributed by atoms with Gasteiger partial charge in [0, 0.05) is 5.56 Å². The van der Waals surface area contributed by atoms with Gasteiger partial charge in [0.25, 0.3) is 5.91 Å². The highest BCUT2D eigenvalue weighted by atomic mass is 32.2. The number of aliphatic imine (C=N–C) groups is 1. The highest BCUT2D eigenvalue weighted by molar-refractivity contribution is 8.25. The Morgan fingerprint density at radius 3 is 2.73 bits per heavy atom. The summed E-state index contributed by atoms with van der Waals surface area (Å²) in [5, 5.41) is 22.7. The molecule has 0 radical (unpaired) electrons. The average molecular weight is 366 g/mol. The number of amides is 1. The molecule has 0 saturated carbocycles. The smallest absolute Gasteiger partial charge is 0.335 e. The number of benzene rings is 1. The fourth-order valence-electron chi connectivity index (χ4n) is 2.44. The number of amidine groups is 2. The van der Waals surface area contributed by atoms with Crippen LogP contribution in [0.3, 0.4) is 0 Å². The Balaban J connectivity index is 1.63. The lowest BCUT2D eigenvalue weighted by Crippen LogP contribution is -2.35. The lowest BCUT2D eigenvalue weighted by molar-refractivity contribution is -0.114. The number of fused-ring (bicyclic) bond motifs is 1. The van der Waals surface area contributed by atoms with Crippen LogP contribution in [0.4, 0.5) is 0 Å². The number of hydrogen-bond acceptors (Lipinski definition) is 6. The molecular weight excluding hydrogens is 356 g/mol. The van der Waals surface area contributed by atoms with E-state index in [2.05, 4.69) is 10.1 Å². The second kappa shape index (κ2) is 6.12. The molecule has 0 aliphatic carbocycles. The number of nitrogens with one attached hydrogen (secondary N) is 1. The number of thioether (sulfide) groups is 1. The molecule has 8 nitrogen and oxygen atoms in total. The van der Waals surface area contributed by atoms with Crippen molar-refractivity contribution in [3.8, 4) is 11.3 Å². The Hall–Kier alpha value is -3.46. The standard InChI is InChI=1S/C17H10N4O4S/c18-14-12(15(22)20-17-21(14)19-8-26-17)7-11-5-6-13(25-11)9-1-3-10(4-2-9)16(23)24/h1-8,18H,(H,23,24)/b12-7+,18-14?. The molecule has 0 saturated heterocycles. The first-order chi connectivity index (χ1) is 12.5. The monoisotopic (exact) mass is 366 g/mol. The van der Waals surface area contributed by atoms with Gasteiger partial charge < -0.3 is 9.52 Å². The maximum Gasteiger partial charge on any atom is 0.335 e. The second-order valence-electron chi connectivity index (χ2n) is 5.34. The third-order valence-corrected chi connectivity index (χ3v) is 4.40. The first-order valence-electron chi connectivity index (χ1n) is 7.39. The number of carbonyl (C=O) groups is 2. The Labute approximate surface area is 151 Å². The van der Waals surface area contributed by atoms with E-state index in [1.165, 1.54) is 40.5 Å². The largest absolute Gasteiger partial charge is 0.478 e.